The summed E-state index contributed by atoms with van der Waals surface area (Å²) in [5, 5.41) is 1.59. The lowest BCUT2D eigenvalue weighted by Crippen LogP contribution is -2.43. The highest BCUT2D eigenvalue weighted by molar-refractivity contribution is 5.86. The summed E-state index contributed by atoms with van der Waals surface area (Å²) in [6.45, 7) is -0.0272. The highest BCUT2D eigenvalue weighted by atomic mass is 19.4. The third kappa shape index (κ3) is 2.64. The van der Waals surface area contributed by atoms with Crippen molar-refractivity contribution in [3.8, 4) is 0 Å². The number of alkyl halides is 3. The number of hydrogen-bond donors (Lipinski definition) is 1. The average Bonchev–Trinajstić information content (AvgIpc) is 2.83. The molecule has 1 saturated heterocycles. The molecule has 1 aliphatic rings. The molecule has 1 fully saturated rings. The molecular weight excluding hydrogens is 300 g/mol. The molecule has 0 radical (unpaired) electrons. The van der Waals surface area contributed by atoms with Crippen LogP contribution in [0.2, 0.25) is 0 Å². The van der Waals surface area contributed by atoms with E-state index in [-0.39, 0.29) is 18.5 Å². The third-order valence-corrected chi connectivity index (χ3v) is 3.64. The number of benzene rings is 2. The summed E-state index contributed by atoms with van der Waals surface area (Å²) >= 11 is 0. The van der Waals surface area contributed by atoms with Crippen LogP contribution in [0.25, 0.3) is 10.8 Å². The van der Waals surface area contributed by atoms with E-state index >= 15 is 0 Å². The van der Waals surface area contributed by atoms with Crippen LogP contribution < -0.4 is 5.43 Å². The molecule has 22 heavy (non-hydrogen) atoms. The lowest BCUT2D eigenvalue weighted by molar-refractivity contribution is -0.190. The van der Waals surface area contributed by atoms with Crippen molar-refractivity contribution in [1.29, 1.82) is 0 Å². The Balaban J connectivity index is 2.14. The molecule has 1 heterocycles. The number of hydrazine groups is 1. The van der Waals surface area contributed by atoms with Gasteiger partial charge in [-0.1, -0.05) is 24.3 Å². The predicted octanol–water partition coefficient (Wildman–Crippen LogP) is 3.32. The van der Waals surface area contributed by atoms with E-state index in [4.69, 9.17) is 0 Å². The lowest BCUT2D eigenvalue weighted by atomic mass is 9.98. The first kappa shape index (κ1) is 14.8. The maximum absolute atomic E-state index is 13.5. The van der Waals surface area contributed by atoms with E-state index in [9.17, 15) is 22.4 Å². The van der Waals surface area contributed by atoms with Crippen LogP contribution in [0.1, 0.15) is 18.0 Å². The second kappa shape index (κ2) is 5.24. The van der Waals surface area contributed by atoms with E-state index in [0.29, 0.717) is 10.8 Å². The average molecular weight is 312 g/mol. The minimum Gasteiger partial charge on any atom is -0.288 e. The molecule has 2 aromatic carbocycles. The van der Waals surface area contributed by atoms with Crippen LogP contribution in [0.3, 0.4) is 0 Å². The smallest absolute Gasteiger partial charge is 0.288 e. The van der Waals surface area contributed by atoms with E-state index in [1.165, 1.54) is 24.3 Å². The zero-order chi connectivity index (χ0) is 15.9. The molecule has 1 amide bonds. The Morgan fingerprint density at radius 3 is 2.59 bits per heavy atom. The van der Waals surface area contributed by atoms with Crippen LogP contribution in [0.5, 0.6) is 0 Å². The summed E-state index contributed by atoms with van der Waals surface area (Å²) < 4.78 is 53.8. The van der Waals surface area contributed by atoms with E-state index in [1.807, 2.05) is 0 Å². The van der Waals surface area contributed by atoms with Crippen LogP contribution >= 0.6 is 0 Å². The van der Waals surface area contributed by atoms with Crippen molar-refractivity contribution in [2.24, 2.45) is 0 Å². The zero-order valence-electron chi connectivity index (χ0n) is 11.3. The van der Waals surface area contributed by atoms with Gasteiger partial charge in [0, 0.05) is 13.0 Å². The van der Waals surface area contributed by atoms with Crippen LogP contribution in [0.4, 0.5) is 17.6 Å². The quantitative estimate of drug-likeness (QED) is 0.863. The summed E-state index contributed by atoms with van der Waals surface area (Å²) in [5.41, 5.74) is 2.23. The largest absolute Gasteiger partial charge is 0.409 e. The molecule has 0 aromatic heterocycles. The van der Waals surface area contributed by atoms with Crippen molar-refractivity contribution in [3.05, 3.63) is 47.8 Å². The molecule has 0 bridgehead atoms. The Bertz CT molecular complexity index is 729. The summed E-state index contributed by atoms with van der Waals surface area (Å²) in [7, 11) is 0. The fraction of sp³-hybridized carbons (Fsp3) is 0.267. The van der Waals surface area contributed by atoms with Gasteiger partial charge in [0.1, 0.15) is 5.82 Å². The number of nitrogens with one attached hydrogen (secondary N) is 1. The predicted molar refractivity (Wildman–Crippen MR) is 72.2 cm³/mol. The van der Waals surface area contributed by atoms with Crippen LogP contribution in [-0.2, 0) is 4.79 Å². The van der Waals surface area contributed by atoms with Gasteiger partial charge in [-0.25, -0.2) is 9.40 Å². The Hall–Kier alpha value is -2.15. The number of carbonyl (C=O) groups is 1. The number of rotatable bonds is 2. The molecule has 3 rings (SSSR count). The highest BCUT2D eigenvalue weighted by Crippen LogP contribution is 2.40. The molecule has 0 aliphatic carbocycles. The first-order valence-corrected chi connectivity index (χ1v) is 6.67. The fourth-order valence-electron chi connectivity index (χ4n) is 2.73. The molecule has 3 nitrogen and oxygen atoms in total. The third-order valence-electron chi connectivity index (χ3n) is 3.64. The number of nitrogens with zero attached hydrogens (tertiary/aromatic N) is 1. The molecule has 116 valence electrons. The van der Waals surface area contributed by atoms with Crippen LogP contribution in [-0.4, -0.2) is 23.6 Å². The molecule has 1 atom stereocenters. The molecule has 0 spiro atoms. The highest BCUT2D eigenvalue weighted by Gasteiger charge is 2.47. The normalized spacial score (nSPS) is 17.7. The topological polar surface area (TPSA) is 32.3 Å². The first-order valence-electron chi connectivity index (χ1n) is 6.67. The van der Waals surface area contributed by atoms with Gasteiger partial charge in [-0.2, -0.15) is 13.2 Å². The van der Waals surface area contributed by atoms with Gasteiger partial charge in [-0.3, -0.25) is 10.2 Å². The van der Waals surface area contributed by atoms with Gasteiger partial charge in [0.2, 0.25) is 5.91 Å². The second-order valence-corrected chi connectivity index (χ2v) is 5.14. The van der Waals surface area contributed by atoms with E-state index in [1.54, 1.807) is 6.07 Å². The van der Waals surface area contributed by atoms with Gasteiger partial charge in [0.25, 0.3) is 0 Å². The van der Waals surface area contributed by atoms with Crippen LogP contribution in [0, 0.1) is 5.82 Å². The van der Waals surface area contributed by atoms with Crippen LogP contribution in [0.15, 0.2) is 36.4 Å². The summed E-state index contributed by atoms with van der Waals surface area (Å²) in [4.78, 5) is 11.3. The molecular formula is C15H12F4N2O. The minimum absolute atomic E-state index is 0.00722. The van der Waals surface area contributed by atoms with E-state index in [0.717, 1.165) is 11.1 Å². The van der Waals surface area contributed by atoms with Gasteiger partial charge in [-0.05, 0) is 28.5 Å². The van der Waals surface area contributed by atoms with Crippen molar-refractivity contribution in [3.63, 3.8) is 0 Å². The van der Waals surface area contributed by atoms with Gasteiger partial charge in [-0.15, -0.1) is 0 Å². The van der Waals surface area contributed by atoms with Gasteiger partial charge in [0.05, 0.1) is 0 Å². The maximum Gasteiger partial charge on any atom is 0.409 e. The summed E-state index contributed by atoms with van der Waals surface area (Å²) in [6, 6.07) is 6.04. The monoisotopic (exact) mass is 312 g/mol. The Morgan fingerprint density at radius 2 is 1.95 bits per heavy atom. The molecule has 1 N–H and O–H groups in total. The summed E-state index contributed by atoms with van der Waals surface area (Å²) in [5.74, 6) is -0.955. The molecule has 2 aromatic rings. The number of fused-ring (bicyclic) bond motifs is 1. The maximum atomic E-state index is 13.5. The number of amides is 1. The Morgan fingerprint density at radius 1 is 1.18 bits per heavy atom. The van der Waals surface area contributed by atoms with Gasteiger partial charge < -0.3 is 0 Å². The first-order chi connectivity index (χ1) is 10.4. The number of halogens is 4. The molecule has 7 heteroatoms. The number of hydrogen-bond acceptors (Lipinski definition) is 2. The van der Waals surface area contributed by atoms with Crippen molar-refractivity contribution in [2.45, 2.75) is 18.6 Å². The van der Waals surface area contributed by atoms with Gasteiger partial charge >= 0.3 is 6.18 Å². The summed E-state index contributed by atoms with van der Waals surface area (Å²) in [6.07, 6.45) is -4.55. The van der Waals surface area contributed by atoms with Crippen molar-refractivity contribution in [1.82, 2.24) is 10.4 Å². The minimum atomic E-state index is -4.57. The van der Waals surface area contributed by atoms with Gasteiger partial charge in [0.15, 0.2) is 6.04 Å². The van der Waals surface area contributed by atoms with E-state index in [2.05, 4.69) is 5.43 Å². The molecule has 1 aliphatic heterocycles. The lowest BCUT2D eigenvalue weighted by Gasteiger charge is -2.30. The zero-order valence-corrected chi connectivity index (χ0v) is 11.3. The van der Waals surface area contributed by atoms with E-state index < -0.39 is 23.9 Å². The van der Waals surface area contributed by atoms with Crippen molar-refractivity contribution >= 4 is 16.7 Å². The van der Waals surface area contributed by atoms with Crippen molar-refractivity contribution in [2.75, 3.05) is 6.54 Å². The standard InChI is InChI=1S/C15H12F4N2O/c16-10-4-5-11-9(8-10)2-1-3-12(11)14(15(17,18)19)21-7-6-13(22)20-21/h1-5,8,14H,6-7H2,(H,20,22). The fourth-order valence-corrected chi connectivity index (χ4v) is 2.73. The Kier molecular flexibility index (Phi) is 3.52. The molecule has 0 saturated carbocycles. The number of carbonyl (C=O) groups excluding carboxylic acids is 1. The van der Waals surface area contributed by atoms with Crippen molar-refractivity contribution < 1.29 is 22.4 Å². The molecule has 1 unspecified atom stereocenters. The SMILES string of the molecule is O=C1CCN(C(c2cccc3cc(F)ccc23)C(F)(F)F)N1. The second-order valence-electron chi connectivity index (χ2n) is 5.14. The Labute approximate surface area is 123 Å².